The van der Waals surface area contributed by atoms with Crippen LogP contribution in [0, 0.1) is 0 Å². The van der Waals surface area contributed by atoms with E-state index in [0.29, 0.717) is 5.54 Å². The summed E-state index contributed by atoms with van der Waals surface area (Å²) in [6, 6.07) is 0. The SMILES string of the molecule is CNC(C)(C)CC[N+]1(C)CCCCC1. The molecule has 1 fully saturated rings. The van der Waals surface area contributed by atoms with E-state index in [2.05, 4.69) is 33.3 Å². The second-order valence-electron chi connectivity index (χ2n) is 5.73. The highest BCUT2D eigenvalue weighted by Crippen LogP contribution is 2.19. The van der Waals surface area contributed by atoms with Gasteiger partial charge in [-0.2, -0.15) is 0 Å². The molecule has 0 radical (unpaired) electrons. The third-order valence-corrected chi connectivity index (χ3v) is 3.85. The van der Waals surface area contributed by atoms with Crippen molar-refractivity contribution in [2.24, 2.45) is 0 Å². The summed E-state index contributed by atoms with van der Waals surface area (Å²) in [6.07, 6.45) is 5.58. The number of hydrogen-bond acceptors (Lipinski definition) is 1. The number of hydrogen-bond donors (Lipinski definition) is 1. The van der Waals surface area contributed by atoms with E-state index in [4.69, 9.17) is 0 Å². The maximum Gasteiger partial charge on any atom is 0.0802 e. The molecule has 0 saturated carbocycles. The Hall–Kier alpha value is -0.0800. The van der Waals surface area contributed by atoms with Crippen molar-refractivity contribution in [3.05, 3.63) is 0 Å². The Balaban J connectivity index is 2.35. The Morgan fingerprint density at radius 1 is 1.14 bits per heavy atom. The molecule has 2 nitrogen and oxygen atoms in total. The first-order valence-electron chi connectivity index (χ1n) is 6.00. The summed E-state index contributed by atoms with van der Waals surface area (Å²) in [7, 11) is 4.49. The molecular formula is C12H27N2+. The maximum absolute atomic E-state index is 3.39. The van der Waals surface area contributed by atoms with Crippen molar-refractivity contribution in [1.82, 2.24) is 5.32 Å². The number of piperidine rings is 1. The van der Waals surface area contributed by atoms with E-state index >= 15 is 0 Å². The Morgan fingerprint density at radius 3 is 2.21 bits per heavy atom. The van der Waals surface area contributed by atoms with Gasteiger partial charge in [-0.05, 0) is 40.2 Å². The van der Waals surface area contributed by atoms with Crippen molar-refractivity contribution in [2.45, 2.75) is 45.1 Å². The molecule has 2 heteroatoms. The lowest BCUT2D eigenvalue weighted by Gasteiger charge is -2.40. The van der Waals surface area contributed by atoms with E-state index in [-0.39, 0.29) is 0 Å². The molecule has 0 aliphatic carbocycles. The molecule has 1 aliphatic heterocycles. The van der Waals surface area contributed by atoms with Crippen molar-refractivity contribution in [1.29, 1.82) is 0 Å². The molecule has 0 bridgehead atoms. The van der Waals surface area contributed by atoms with Gasteiger partial charge in [-0.1, -0.05) is 0 Å². The minimum atomic E-state index is 0.304. The third-order valence-electron chi connectivity index (χ3n) is 3.85. The fourth-order valence-corrected chi connectivity index (χ4v) is 2.17. The van der Waals surface area contributed by atoms with Gasteiger partial charge >= 0.3 is 0 Å². The summed E-state index contributed by atoms with van der Waals surface area (Å²) < 4.78 is 1.30. The monoisotopic (exact) mass is 199 g/mol. The van der Waals surface area contributed by atoms with Crippen LogP contribution in [0.4, 0.5) is 0 Å². The lowest BCUT2D eigenvalue weighted by atomic mass is 9.99. The van der Waals surface area contributed by atoms with Gasteiger partial charge in [0, 0.05) is 12.0 Å². The van der Waals surface area contributed by atoms with Crippen LogP contribution in [-0.2, 0) is 0 Å². The van der Waals surface area contributed by atoms with Crippen molar-refractivity contribution < 1.29 is 4.48 Å². The van der Waals surface area contributed by atoms with E-state index < -0.39 is 0 Å². The quantitative estimate of drug-likeness (QED) is 0.683. The summed E-state index contributed by atoms with van der Waals surface area (Å²) in [4.78, 5) is 0. The molecule has 0 aromatic carbocycles. The molecular weight excluding hydrogens is 172 g/mol. The molecule has 0 spiro atoms. The first kappa shape index (κ1) is 12.0. The Labute approximate surface area is 89.3 Å². The molecule has 84 valence electrons. The zero-order valence-corrected chi connectivity index (χ0v) is 10.4. The summed E-state index contributed by atoms with van der Waals surface area (Å²) in [5.41, 5.74) is 0.304. The standard InChI is InChI=1S/C12H27N2/c1-12(2,13-3)8-11-14(4)9-6-5-7-10-14/h13H,5-11H2,1-4H3/q+1. The van der Waals surface area contributed by atoms with Gasteiger partial charge in [-0.15, -0.1) is 0 Å². The Kier molecular flexibility index (Phi) is 3.96. The summed E-state index contributed by atoms with van der Waals surface area (Å²) in [5, 5.41) is 3.39. The fourth-order valence-electron chi connectivity index (χ4n) is 2.17. The van der Waals surface area contributed by atoms with Crippen LogP contribution in [0.2, 0.25) is 0 Å². The summed E-state index contributed by atoms with van der Waals surface area (Å²) in [6.45, 7) is 8.69. The molecule has 0 amide bonds. The predicted molar refractivity (Wildman–Crippen MR) is 62.4 cm³/mol. The van der Waals surface area contributed by atoms with Gasteiger partial charge in [-0.3, -0.25) is 0 Å². The second kappa shape index (κ2) is 4.63. The highest BCUT2D eigenvalue weighted by atomic mass is 15.3. The van der Waals surface area contributed by atoms with Gasteiger partial charge < -0.3 is 9.80 Å². The minimum Gasteiger partial charge on any atom is -0.326 e. The van der Waals surface area contributed by atoms with Gasteiger partial charge in [0.05, 0.1) is 26.7 Å². The molecule has 0 atom stereocenters. The van der Waals surface area contributed by atoms with Crippen LogP contribution in [0.15, 0.2) is 0 Å². The molecule has 1 N–H and O–H groups in total. The lowest BCUT2D eigenvalue weighted by Crippen LogP contribution is -2.51. The molecule has 1 rings (SSSR count). The largest absolute Gasteiger partial charge is 0.326 e. The van der Waals surface area contributed by atoms with Crippen molar-refractivity contribution in [3.8, 4) is 0 Å². The van der Waals surface area contributed by atoms with Gasteiger partial charge in [0.25, 0.3) is 0 Å². The van der Waals surface area contributed by atoms with E-state index in [1.54, 1.807) is 0 Å². The Bertz CT molecular complexity index is 169. The van der Waals surface area contributed by atoms with E-state index in [1.807, 2.05) is 0 Å². The van der Waals surface area contributed by atoms with Crippen LogP contribution in [0.5, 0.6) is 0 Å². The number of rotatable bonds is 4. The van der Waals surface area contributed by atoms with E-state index in [1.165, 1.54) is 49.8 Å². The third kappa shape index (κ3) is 3.58. The van der Waals surface area contributed by atoms with E-state index in [9.17, 15) is 0 Å². The highest BCUT2D eigenvalue weighted by molar-refractivity contribution is 4.74. The molecule has 0 unspecified atom stereocenters. The molecule has 0 aromatic heterocycles. The average molecular weight is 199 g/mol. The Morgan fingerprint density at radius 2 is 1.71 bits per heavy atom. The number of quaternary nitrogens is 1. The van der Waals surface area contributed by atoms with Crippen molar-refractivity contribution in [2.75, 3.05) is 33.7 Å². The summed E-state index contributed by atoms with van der Waals surface area (Å²) >= 11 is 0. The predicted octanol–water partition coefficient (Wildman–Crippen LogP) is 2.00. The van der Waals surface area contributed by atoms with Crippen LogP contribution < -0.4 is 5.32 Å². The van der Waals surface area contributed by atoms with Crippen LogP contribution >= 0.6 is 0 Å². The highest BCUT2D eigenvalue weighted by Gasteiger charge is 2.27. The second-order valence-corrected chi connectivity index (χ2v) is 5.73. The van der Waals surface area contributed by atoms with Gasteiger partial charge in [-0.25, -0.2) is 0 Å². The van der Waals surface area contributed by atoms with Crippen molar-refractivity contribution >= 4 is 0 Å². The molecule has 1 aliphatic rings. The summed E-state index contributed by atoms with van der Waals surface area (Å²) in [5.74, 6) is 0. The van der Waals surface area contributed by atoms with Crippen LogP contribution in [0.3, 0.4) is 0 Å². The lowest BCUT2D eigenvalue weighted by molar-refractivity contribution is -0.914. The topological polar surface area (TPSA) is 12.0 Å². The van der Waals surface area contributed by atoms with Crippen LogP contribution in [0.25, 0.3) is 0 Å². The van der Waals surface area contributed by atoms with Gasteiger partial charge in [0.1, 0.15) is 0 Å². The van der Waals surface area contributed by atoms with Crippen LogP contribution in [0.1, 0.15) is 39.5 Å². The smallest absolute Gasteiger partial charge is 0.0802 e. The molecule has 1 saturated heterocycles. The van der Waals surface area contributed by atoms with E-state index in [0.717, 1.165) is 0 Å². The number of nitrogens with zero attached hydrogens (tertiary/aromatic N) is 1. The molecule has 0 aromatic rings. The normalized spacial score (nSPS) is 22.3. The van der Waals surface area contributed by atoms with Crippen LogP contribution in [-0.4, -0.2) is 43.8 Å². The minimum absolute atomic E-state index is 0.304. The average Bonchev–Trinajstić information content (AvgIpc) is 2.17. The maximum atomic E-state index is 3.39. The zero-order valence-electron chi connectivity index (χ0n) is 10.4. The first-order chi connectivity index (χ1) is 6.47. The fraction of sp³-hybridized carbons (Fsp3) is 1.00. The molecule has 1 heterocycles. The van der Waals surface area contributed by atoms with Gasteiger partial charge in [0.15, 0.2) is 0 Å². The number of likely N-dealkylation sites (tertiary alicyclic amines) is 1. The number of nitrogens with one attached hydrogen (secondary N) is 1. The van der Waals surface area contributed by atoms with Crippen molar-refractivity contribution in [3.63, 3.8) is 0 Å². The molecule has 14 heavy (non-hydrogen) atoms. The first-order valence-corrected chi connectivity index (χ1v) is 6.00. The van der Waals surface area contributed by atoms with Gasteiger partial charge in [0.2, 0.25) is 0 Å². The zero-order chi connectivity index (χ0) is 10.7.